The number of carbonyl (C=O) groups excluding carboxylic acids is 1. The maximum Gasteiger partial charge on any atom is 0.339 e. The summed E-state index contributed by atoms with van der Waals surface area (Å²) in [4.78, 5) is 16.4. The molecule has 0 unspecified atom stereocenters. The Morgan fingerprint density at radius 3 is 2.54 bits per heavy atom. The van der Waals surface area contributed by atoms with Gasteiger partial charge < -0.3 is 4.74 Å². The second-order valence-corrected chi connectivity index (χ2v) is 8.32. The van der Waals surface area contributed by atoms with Crippen LogP contribution in [0.25, 0.3) is 0 Å². The van der Waals surface area contributed by atoms with E-state index in [2.05, 4.69) is 4.98 Å². The molecule has 0 spiro atoms. The number of aromatic nitrogens is 1. The van der Waals surface area contributed by atoms with Crippen LogP contribution in [0.15, 0.2) is 47.5 Å². The van der Waals surface area contributed by atoms with E-state index in [-0.39, 0.29) is 17.1 Å². The van der Waals surface area contributed by atoms with Crippen LogP contribution in [-0.4, -0.2) is 36.8 Å². The Bertz CT molecular complexity index is 878. The molecule has 0 aliphatic carbocycles. The van der Waals surface area contributed by atoms with Crippen molar-refractivity contribution in [1.29, 1.82) is 0 Å². The van der Waals surface area contributed by atoms with Gasteiger partial charge in [0.15, 0.2) is 0 Å². The topological polar surface area (TPSA) is 76.6 Å². The molecule has 0 bridgehead atoms. The van der Waals surface area contributed by atoms with E-state index in [0.29, 0.717) is 23.8 Å². The zero-order valence-corrected chi connectivity index (χ0v) is 15.7. The molecule has 1 fully saturated rings. The molecule has 1 saturated heterocycles. The molecular weight excluding hydrogens is 376 g/mol. The number of rotatable bonds is 5. The van der Waals surface area contributed by atoms with Gasteiger partial charge in [0.1, 0.15) is 11.8 Å². The molecule has 1 aliphatic rings. The van der Waals surface area contributed by atoms with Crippen molar-refractivity contribution in [2.75, 3.05) is 13.1 Å². The van der Waals surface area contributed by atoms with Gasteiger partial charge in [-0.1, -0.05) is 36.2 Å². The van der Waals surface area contributed by atoms with E-state index >= 15 is 0 Å². The van der Waals surface area contributed by atoms with Crippen molar-refractivity contribution < 1.29 is 17.9 Å². The summed E-state index contributed by atoms with van der Waals surface area (Å²) in [6.07, 6.45) is 4.18. The maximum atomic E-state index is 12.9. The first-order chi connectivity index (χ1) is 12.5. The highest BCUT2D eigenvalue weighted by Gasteiger charge is 2.30. The Labute approximate surface area is 157 Å². The fourth-order valence-electron chi connectivity index (χ4n) is 2.82. The summed E-state index contributed by atoms with van der Waals surface area (Å²) >= 11 is 5.72. The molecular formula is C18H19ClN2O4S. The summed E-state index contributed by atoms with van der Waals surface area (Å²) in [5.41, 5.74) is 0.708. The number of piperidine rings is 1. The van der Waals surface area contributed by atoms with Gasteiger partial charge in [0.2, 0.25) is 10.0 Å². The SMILES string of the molecule is O=C(OCc1ccc(Cl)nc1)c1ccccc1S(=O)(=O)N1CCCCC1. The van der Waals surface area contributed by atoms with Crippen molar-refractivity contribution in [1.82, 2.24) is 9.29 Å². The normalized spacial score (nSPS) is 15.6. The Balaban J connectivity index is 1.79. The van der Waals surface area contributed by atoms with E-state index in [1.54, 1.807) is 24.3 Å². The van der Waals surface area contributed by atoms with Gasteiger partial charge in [-0.15, -0.1) is 0 Å². The molecule has 26 heavy (non-hydrogen) atoms. The van der Waals surface area contributed by atoms with Gasteiger partial charge in [-0.3, -0.25) is 0 Å². The van der Waals surface area contributed by atoms with Crippen LogP contribution in [-0.2, 0) is 21.4 Å². The molecule has 0 atom stereocenters. The zero-order chi connectivity index (χ0) is 18.6. The summed E-state index contributed by atoms with van der Waals surface area (Å²) in [7, 11) is -3.72. The van der Waals surface area contributed by atoms with E-state index in [1.165, 1.54) is 22.6 Å². The molecule has 0 N–H and O–H groups in total. The van der Waals surface area contributed by atoms with Gasteiger partial charge in [0.05, 0.1) is 10.5 Å². The predicted octanol–water partition coefficient (Wildman–Crippen LogP) is 3.27. The standard InChI is InChI=1S/C18H19ClN2O4S/c19-17-9-8-14(12-20-17)13-25-18(22)15-6-2-3-7-16(15)26(23,24)21-10-4-1-5-11-21/h2-3,6-9,12H,1,4-5,10-11,13H2. The number of halogens is 1. The van der Waals surface area contributed by atoms with Crippen LogP contribution < -0.4 is 0 Å². The largest absolute Gasteiger partial charge is 0.457 e. The third-order valence-electron chi connectivity index (χ3n) is 4.20. The van der Waals surface area contributed by atoms with Crippen LogP contribution in [0, 0.1) is 0 Å². The van der Waals surface area contributed by atoms with E-state index < -0.39 is 16.0 Å². The van der Waals surface area contributed by atoms with Crippen molar-refractivity contribution in [3.63, 3.8) is 0 Å². The summed E-state index contributed by atoms with van der Waals surface area (Å²) in [5, 5.41) is 0.345. The number of carbonyl (C=O) groups is 1. The summed E-state index contributed by atoms with van der Waals surface area (Å²) in [6, 6.07) is 9.44. The molecule has 2 aromatic rings. The average Bonchev–Trinajstić information content (AvgIpc) is 2.68. The van der Waals surface area contributed by atoms with Gasteiger partial charge in [0.25, 0.3) is 0 Å². The number of nitrogens with zero attached hydrogens (tertiary/aromatic N) is 2. The minimum atomic E-state index is -3.72. The first-order valence-corrected chi connectivity index (χ1v) is 10.2. The Hall–Kier alpha value is -1.96. The molecule has 1 aliphatic heterocycles. The zero-order valence-electron chi connectivity index (χ0n) is 14.1. The molecule has 8 heteroatoms. The Morgan fingerprint density at radius 1 is 1.12 bits per heavy atom. The number of ether oxygens (including phenoxy) is 1. The molecule has 2 heterocycles. The second kappa shape index (κ2) is 8.16. The molecule has 0 saturated carbocycles. The lowest BCUT2D eigenvalue weighted by Gasteiger charge is -2.26. The highest BCUT2D eigenvalue weighted by atomic mass is 35.5. The van der Waals surface area contributed by atoms with E-state index in [4.69, 9.17) is 16.3 Å². The lowest BCUT2D eigenvalue weighted by Crippen LogP contribution is -2.36. The van der Waals surface area contributed by atoms with Gasteiger partial charge in [-0.05, 0) is 31.0 Å². The summed E-state index contributed by atoms with van der Waals surface area (Å²) in [6.45, 7) is 0.936. The molecule has 138 valence electrons. The quantitative estimate of drug-likeness (QED) is 0.574. The molecule has 1 aromatic heterocycles. The van der Waals surface area contributed by atoms with Crippen LogP contribution in [0.3, 0.4) is 0 Å². The third kappa shape index (κ3) is 4.23. The van der Waals surface area contributed by atoms with Gasteiger partial charge >= 0.3 is 5.97 Å². The van der Waals surface area contributed by atoms with Crippen molar-refractivity contribution in [3.05, 3.63) is 58.9 Å². The minimum absolute atomic E-state index is 0.0128. The van der Waals surface area contributed by atoms with Gasteiger partial charge in [-0.2, -0.15) is 4.31 Å². The van der Waals surface area contributed by atoms with E-state index in [1.807, 2.05) is 0 Å². The van der Waals surface area contributed by atoms with E-state index in [9.17, 15) is 13.2 Å². The number of esters is 1. The summed E-state index contributed by atoms with van der Waals surface area (Å²) in [5.74, 6) is -0.684. The molecule has 1 aromatic carbocycles. The van der Waals surface area contributed by atoms with Crippen LogP contribution in [0.4, 0.5) is 0 Å². The molecule has 0 amide bonds. The Kier molecular flexibility index (Phi) is 5.90. The highest BCUT2D eigenvalue weighted by Crippen LogP contribution is 2.24. The van der Waals surface area contributed by atoms with Crippen LogP contribution in [0.5, 0.6) is 0 Å². The van der Waals surface area contributed by atoms with Gasteiger partial charge in [0, 0.05) is 24.8 Å². The Morgan fingerprint density at radius 2 is 1.85 bits per heavy atom. The number of hydrogen-bond acceptors (Lipinski definition) is 5. The molecule has 3 rings (SSSR count). The minimum Gasteiger partial charge on any atom is -0.457 e. The number of benzene rings is 1. The monoisotopic (exact) mass is 394 g/mol. The maximum absolute atomic E-state index is 12.9. The predicted molar refractivity (Wildman–Crippen MR) is 97.4 cm³/mol. The van der Waals surface area contributed by atoms with Crippen molar-refractivity contribution >= 4 is 27.6 Å². The fourth-order valence-corrected chi connectivity index (χ4v) is 4.63. The smallest absolute Gasteiger partial charge is 0.339 e. The lowest BCUT2D eigenvalue weighted by atomic mass is 10.2. The van der Waals surface area contributed by atoms with Crippen LogP contribution in [0.1, 0.15) is 35.2 Å². The molecule has 0 radical (unpaired) electrons. The van der Waals surface area contributed by atoms with Crippen LogP contribution >= 0.6 is 11.6 Å². The van der Waals surface area contributed by atoms with Crippen molar-refractivity contribution in [3.8, 4) is 0 Å². The number of sulfonamides is 1. The van der Waals surface area contributed by atoms with Gasteiger partial charge in [-0.25, -0.2) is 18.2 Å². The average molecular weight is 395 g/mol. The first kappa shape index (κ1) is 18.8. The number of hydrogen-bond donors (Lipinski definition) is 0. The van der Waals surface area contributed by atoms with Crippen LogP contribution in [0.2, 0.25) is 5.15 Å². The van der Waals surface area contributed by atoms with E-state index in [0.717, 1.165) is 19.3 Å². The molecule has 6 nitrogen and oxygen atoms in total. The highest BCUT2D eigenvalue weighted by molar-refractivity contribution is 7.89. The second-order valence-electron chi connectivity index (χ2n) is 6.03. The summed E-state index contributed by atoms with van der Waals surface area (Å²) < 4.78 is 32.5. The van der Waals surface area contributed by atoms with Crippen molar-refractivity contribution in [2.45, 2.75) is 30.8 Å². The first-order valence-electron chi connectivity index (χ1n) is 8.35. The van der Waals surface area contributed by atoms with Crippen molar-refractivity contribution in [2.24, 2.45) is 0 Å². The number of pyridine rings is 1. The lowest BCUT2D eigenvalue weighted by molar-refractivity contribution is 0.0467. The third-order valence-corrected chi connectivity index (χ3v) is 6.38. The fraction of sp³-hybridized carbons (Fsp3) is 0.333.